The van der Waals surface area contributed by atoms with E-state index < -0.39 is 18.0 Å². The molecular formula is C22H18N2O4. The number of hydrogen-bond acceptors (Lipinski definition) is 4. The summed E-state index contributed by atoms with van der Waals surface area (Å²) >= 11 is 0. The number of amides is 1. The SMILES string of the molecule is C[C@@H](O)[C@H]1C(=O)N2C(C(=O)O)=C(c3ccc4ncc5ccccc5c4c3)C[C@H]12. The smallest absolute Gasteiger partial charge is 0.352 e. The average molecular weight is 374 g/mol. The number of hydrogen-bond donors (Lipinski definition) is 2. The number of carboxylic acids is 1. The van der Waals surface area contributed by atoms with Crippen molar-refractivity contribution in [1.82, 2.24) is 9.88 Å². The Kier molecular flexibility index (Phi) is 3.54. The van der Waals surface area contributed by atoms with Crippen LogP contribution < -0.4 is 0 Å². The molecule has 0 aliphatic carbocycles. The highest BCUT2D eigenvalue weighted by atomic mass is 16.4. The van der Waals surface area contributed by atoms with Crippen molar-refractivity contribution in [3.63, 3.8) is 0 Å². The minimum Gasteiger partial charge on any atom is -0.477 e. The van der Waals surface area contributed by atoms with Gasteiger partial charge in [-0.15, -0.1) is 0 Å². The predicted molar refractivity (Wildman–Crippen MR) is 104 cm³/mol. The molecule has 3 aromatic rings. The summed E-state index contributed by atoms with van der Waals surface area (Å²) in [4.78, 5) is 30.2. The third kappa shape index (κ3) is 2.21. The Balaban J connectivity index is 1.68. The van der Waals surface area contributed by atoms with Gasteiger partial charge in [-0.05, 0) is 42.0 Å². The molecule has 1 aromatic heterocycles. The van der Waals surface area contributed by atoms with Gasteiger partial charge in [0.15, 0.2) is 0 Å². The number of benzene rings is 2. The van der Waals surface area contributed by atoms with Crippen LogP contribution in [0.1, 0.15) is 18.9 Å². The molecule has 6 heteroatoms. The first-order valence-corrected chi connectivity index (χ1v) is 9.23. The Morgan fingerprint density at radius 2 is 2.00 bits per heavy atom. The summed E-state index contributed by atoms with van der Waals surface area (Å²) in [5, 5.41) is 22.7. The molecule has 0 unspecified atom stereocenters. The number of fused-ring (bicyclic) bond motifs is 4. The monoisotopic (exact) mass is 374 g/mol. The molecule has 3 atom stereocenters. The van der Waals surface area contributed by atoms with Crippen LogP contribution in [-0.2, 0) is 9.59 Å². The van der Waals surface area contributed by atoms with Crippen molar-refractivity contribution in [2.45, 2.75) is 25.5 Å². The lowest BCUT2D eigenvalue weighted by molar-refractivity contribution is -0.161. The molecule has 3 heterocycles. The largest absolute Gasteiger partial charge is 0.477 e. The van der Waals surface area contributed by atoms with Gasteiger partial charge in [-0.25, -0.2) is 4.79 Å². The average Bonchev–Trinajstić information content (AvgIpc) is 3.02. The van der Waals surface area contributed by atoms with Gasteiger partial charge in [-0.3, -0.25) is 9.78 Å². The molecule has 1 saturated heterocycles. The van der Waals surface area contributed by atoms with Crippen molar-refractivity contribution < 1.29 is 19.8 Å². The number of pyridine rings is 1. The summed E-state index contributed by atoms with van der Waals surface area (Å²) in [6, 6.07) is 13.3. The van der Waals surface area contributed by atoms with Gasteiger partial charge in [0.1, 0.15) is 5.70 Å². The maximum Gasteiger partial charge on any atom is 0.352 e. The zero-order valence-electron chi connectivity index (χ0n) is 15.2. The molecule has 140 valence electrons. The van der Waals surface area contributed by atoms with Crippen LogP contribution in [0.3, 0.4) is 0 Å². The topological polar surface area (TPSA) is 90.7 Å². The van der Waals surface area contributed by atoms with E-state index in [1.54, 1.807) is 6.92 Å². The molecule has 28 heavy (non-hydrogen) atoms. The van der Waals surface area contributed by atoms with Crippen LogP contribution in [0.2, 0.25) is 0 Å². The number of aliphatic hydroxyl groups is 1. The minimum absolute atomic E-state index is 0.0273. The molecule has 2 aliphatic rings. The second-order valence-corrected chi connectivity index (χ2v) is 7.46. The number of rotatable bonds is 3. The fourth-order valence-corrected chi connectivity index (χ4v) is 4.57. The molecule has 5 rings (SSSR count). The standard InChI is InChI=1S/C22H18N2O4/c1-11(25)19-18-9-15(20(22(27)28)24(18)21(19)26)12-6-7-17-16(8-12)14-5-3-2-4-13(14)10-23-17/h2-8,10-11,18-19,25H,9H2,1H3,(H,27,28)/t11-,18-,19-/m1/s1. The molecule has 2 N–H and O–H groups in total. The highest BCUT2D eigenvalue weighted by Gasteiger charge is 2.56. The molecule has 2 aromatic carbocycles. The van der Waals surface area contributed by atoms with E-state index in [9.17, 15) is 19.8 Å². The van der Waals surface area contributed by atoms with Gasteiger partial charge in [0.2, 0.25) is 5.91 Å². The molecule has 1 amide bonds. The Morgan fingerprint density at radius 1 is 1.21 bits per heavy atom. The molecule has 0 spiro atoms. The van der Waals surface area contributed by atoms with Crippen LogP contribution in [0.25, 0.3) is 27.2 Å². The number of aliphatic hydroxyl groups excluding tert-OH is 1. The maximum absolute atomic E-state index is 12.4. The highest BCUT2D eigenvalue weighted by molar-refractivity contribution is 6.09. The molecular weight excluding hydrogens is 356 g/mol. The molecule has 0 bridgehead atoms. The normalized spacial score (nSPS) is 22.5. The lowest BCUT2D eigenvalue weighted by atomic mass is 9.82. The van der Waals surface area contributed by atoms with Gasteiger partial charge in [0.25, 0.3) is 0 Å². The van der Waals surface area contributed by atoms with Crippen LogP contribution >= 0.6 is 0 Å². The first-order chi connectivity index (χ1) is 13.5. The van der Waals surface area contributed by atoms with Crippen molar-refractivity contribution in [3.8, 4) is 0 Å². The lowest BCUT2D eigenvalue weighted by Crippen LogP contribution is -2.61. The fraction of sp³-hybridized carbons (Fsp3) is 0.227. The number of β-lactam (4-membered cyclic amide) rings is 1. The third-order valence-electron chi connectivity index (χ3n) is 5.87. The van der Waals surface area contributed by atoms with E-state index in [-0.39, 0.29) is 17.6 Å². The van der Waals surface area contributed by atoms with Crippen LogP contribution in [0.4, 0.5) is 0 Å². The molecule has 2 aliphatic heterocycles. The van der Waals surface area contributed by atoms with E-state index in [2.05, 4.69) is 4.98 Å². The maximum atomic E-state index is 12.4. The molecule has 6 nitrogen and oxygen atoms in total. The summed E-state index contributed by atoms with van der Waals surface area (Å²) in [6.07, 6.45) is 1.45. The Hall–Kier alpha value is -3.25. The van der Waals surface area contributed by atoms with Crippen molar-refractivity contribution >= 4 is 39.1 Å². The number of aromatic nitrogens is 1. The van der Waals surface area contributed by atoms with Crippen molar-refractivity contribution in [3.05, 3.63) is 59.9 Å². The van der Waals surface area contributed by atoms with Crippen molar-refractivity contribution in [1.29, 1.82) is 0 Å². The van der Waals surface area contributed by atoms with Gasteiger partial charge in [-0.2, -0.15) is 0 Å². The molecule has 0 saturated carbocycles. The van der Waals surface area contributed by atoms with Crippen LogP contribution in [-0.4, -0.2) is 44.1 Å². The second-order valence-electron chi connectivity index (χ2n) is 7.46. The van der Waals surface area contributed by atoms with E-state index in [1.165, 1.54) is 4.90 Å². The zero-order chi connectivity index (χ0) is 19.6. The quantitative estimate of drug-likeness (QED) is 0.543. The highest BCUT2D eigenvalue weighted by Crippen LogP contribution is 2.47. The number of carbonyl (C=O) groups is 2. The van der Waals surface area contributed by atoms with Crippen molar-refractivity contribution in [2.75, 3.05) is 0 Å². The first-order valence-electron chi connectivity index (χ1n) is 9.23. The molecule has 1 fully saturated rings. The van der Waals surface area contributed by atoms with E-state index in [1.807, 2.05) is 48.7 Å². The Morgan fingerprint density at radius 3 is 2.75 bits per heavy atom. The number of carbonyl (C=O) groups excluding carboxylic acids is 1. The van der Waals surface area contributed by atoms with Gasteiger partial charge in [0, 0.05) is 17.0 Å². The van der Waals surface area contributed by atoms with E-state index in [0.717, 1.165) is 27.2 Å². The van der Waals surface area contributed by atoms with Gasteiger partial charge < -0.3 is 15.1 Å². The van der Waals surface area contributed by atoms with E-state index in [4.69, 9.17) is 0 Å². The van der Waals surface area contributed by atoms with Crippen molar-refractivity contribution in [2.24, 2.45) is 5.92 Å². The predicted octanol–water partition coefficient (Wildman–Crippen LogP) is 2.80. The summed E-state index contributed by atoms with van der Waals surface area (Å²) in [5.74, 6) is -1.99. The Bertz CT molecular complexity index is 1200. The van der Waals surface area contributed by atoms with Gasteiger partial charge in [0.05, 0.1) is 23.6 Å². The first kappa shape index (κ1) is 16.9. The third-order valence-corrected chi connectivity index (χ3v) is 5.87. The fourth-order valence-electron chi connectivity index (χ4n) is 4.57. The van der Waals surface area contributed by atoms with Crippen LogP contribution in [0.15, 0.2) is 54.4 Å². The number of aliphatic carboxylic acids is 1. The number of nitrogens with zero attached hydrogens (tertiary/aromatic N) is 2. The van der Waals surface area contributed by atoms with E-state index in [0.29, 0.717) is 12.0 Å². The number of carboxylic acid groups (broad SMARTS) is 1. The van der Waals surface area contributed by atoms with Gasteiger partial charge >= 0.3 is 5.97 Å². The van der Waals surface area contributed by atoms with E-state index >= 15 is 0 Å². The summed E-state index contributed by atoms with van der Waals surface area (Å²) < 4.78 is 0. The van der Waals surface area contributed by atoms with Crippen LogP contribution in [0, 0.1) is 5.92 Å². The lowest BCUT2D eigenvalue weighted by Gasteiger charge is -2.44. The van der Waals surface area contributed by atoms with Crippen LogP contribution in [0.5, 0.6) is 0 Å². The zero-order valence-corrected chi connectivity index (χ0v) is 15.2. The second kappa shape index (κ2) is 5.87. The summed E-state index contributed by atoms with van der Waals surface area (Å²) in [7, 11) is 0. The minimum atomic E-state index is -1.12. The Labute approximate surface area is 160 Å². The van der Waals surface area contributed by atoms with Gasteiger partial charge in [-0.1, -0.05) is 30.3 Å². The summed E-state index contributed by atoms with van der Waals surface area (Å²) in [5.41, 5.74) is 2.26. The molecule has 0 radical (unpaired) electrons. The summed E-state index contributed by atoms with van der Waals surface area (Å²) in [6.45, 7) is 1.58.